The van der Waals surface area contributed by atoms with E-state index in [2.05, 4.69) is 5.32 Å². The van der Waals surface area contributed by atoms with Gasteiger partial charge in [0.05, 0.1) is 6.10 Å². The highest BCUT2D eigenvalue weighted by Crippen LogP contribution is 2.02. The maximum Gasteiger partial charge on any atom is 0.328 e. The number of hydrogen-bond acceptors (Lipinski definition) is 4. The fourth-order valence-corrected chi connectivity index (χ4v) is 1.44. The van der Waals surface area contributed by atoms with Crippen molar-refractivity contribution < 1.29 is 24.9 Å². The van der Waals surface area contributed by atoms with Gasteiger partial charge < -0.3 is 25.5 Å². The van der Waals surface area contributed by atoms with Crippen LogP contribution in [0.1, 0.15) is 27.2 Å². The van der Waals surface area contributed by atoms with Gasteiger partial charge in [0.15, 0.2) is 6.04 Å². The average molecular weight is 262 g/mol. The lowest BCUT2D eigenvalue weighted by Crippen LogP contribution is -2.54. The van der Waals surface area contributed by atoms with E-state index in [-0.39, 0.29) is 12.6 Å². The van der Waals surface area contributed by atoms with Gasteiger partial charge >= 0.3 is 12.0 Å². The molecule has 2 amide bonds. The molecule has 18 heavy (non-hydrogen) atoms. The van der Waals surface area contributed by atoms with Crippen LogP contribution in [0.15, 0.2) is 0 Å². The summed E-state index contributed by atoms with van der Waals surface area (Å²) in [6.07, 6.45) is -0.767. The quantitative estimate of drug-likeness (QED) is 0.500. The van der Waals surface area contributed by atoms with E-state index in [1.165, 1.54) is 11.8 Å². The highest BCUT2D eigenvalue weighted by Gasteiger charge is 2.27. The van der Waals surface area contributed by atoms with Crippen LogP contribution in [0.2, 0.25) is 0 Å². The van der Waals surface area contributed by atoms with E-state index in [1.54, 1.807) is 13.8 Å². The molecule has 7 nitrogen and oxygen atoms in total. The molecule has 106 valence electrons. The Bertz CT molecular complexity index is 281. The molecule has 0 aliphatic rings. The van der Waals surface area contributed by atoms with E-state index >= 15 is 0 Å². The van der Waals surface area contributed by atoms with Crippen LogP contribution in [0, 0.1) is 0 Å². The van der Waals surface area contributed by atoms with Gasteiger partial charge in [-0.25, -0.2) is 9.59 Å². The SMILES string of the molecule is CC(O)C(NC(=O)N(CCCO)C(C)C)C(=O)O. The minimum absolute atomic E-state index is 0.0464. The molecule has 0 spiro atoms. The van der Waals surface area contributed by atoms with Gasteiger partial charge in [0.2, 0.25) is 0 Å². The number of nitrogens with one attached hydrogen (secondary N) is 1. The molecule has 0 aliphatic heterocycles. The molecule has 0 saturated carbocycles. The molecule has 0 aliphatic carbocycles. The van der Waals surface area contributed by atoms with Gasteiger partial charge in [-0.3, -0.25) is 0 Å². The monoisotopic (exact) mass is 262 g/mol. The van der Waals surface area contributed by atoms with Crippen LogP contribution in [0.3, 0.4) is 0 Å². The summed E-state index contributed by atoms with van der Waals surface area (Å²) in [7, 11) is 0. The smallest absolute Gasteiger partial charge is 0.328 e. The minimum atomic E-state index is -1.34. The third-order valence-corrected chi connectivity index (χ3v) is 2.47. The summed E-state index contributed by atoms with van der Waals surface area (Å²) >= 11 is 0. The summed E-state index contributed by atoms with van der Waals surface area (Å²) < 4.78 is 0. The molecule has 0 bridgehead atoms. The third-order valence-electron chi connectivity index (χ3n) is 2.47. The van der Waals surface area contributed by atoms with Crippen LogP contribution in [0.4, 0.5) is 4.79 Å². The largest absolute Gasteiger partial charge is 0.480 e. The number of aliphatic hydroxyl groups is 2. The van der Waals surface area contributed by atoms with Crippen LogP contribution in [-0.4, -0.2) is 63.6 Å². The number of hydrogen-bond donors (Lipinski definition) is 4. The molecule has 0 aromatic carbocycles. The Hall–Kier alpha value is -1.34. The second-order valence-electron chi connectivity index (χ2n) is 4.37. The number of carboxylic acid groups (broad SMARTS) is 1. The number of urea groups is 1. The Morgan fingerprint density at radius 2 is 1.83 bits per heavy atom. The molecule has 2 atom stereocenters. The van der Waals surface area contributed by atoms with Crippen LogP contribution in [-0.2, 0) is 4.79 Å². The van der Waals surface area contributed by atoms with Gasteiger partial charge in [-0.2, -0.15) is 0 Å². The molecule has 0 fully saturated rings. The molecule has 0 radical (unpaired) electrons. The van der Waals surface area contributed by atoms with Crippen LogP contribution < -0.4 is 5.32 Å². The molecule has 2 unspecified atom stereocenters. The zero-order valence-corrected chi connectivity index (χ0v) is 11.0. The highest BCUT2D eigenvalue weighted by molar-refractivity contribution is 5.83. The molecule has 0 aromatic rings. The lowest BCUT2D eigenvalue weighted by atomic mass is 10.2. The maximum atomic E-state index is 11.9. The van der Waals surface area contributed by atoms with E-state index in [0.29, 0.717) is 13.0 Å². The number of rotatable bonds is 7. The van der Waals surface area contributed by atoms with E-state index in [0.717, 1.165) is 0 Å². The van der Waals surface area contributed by atoms with Crippen molar-refractivity contribution in [2.45, 2.75) is 45.4 Å². The van der Waals surface area contributed by atoms with Crippen molar-refractivity contribution >= 4 is 12.0 Å². The van der Waals surface area contributed by atoms with E-state index in [9.17, 15) is 14.7 Å². The fourth-order valence-electron chi connectivity index (χ4n) is 1.44. The topological polar surface area (TPSA) is 110 Å². The minimum Gasteiger partial charge on any atom is -0.480 e. The van der Waals surface area contributed by atoms with Crippen molar-refractivity contribution in [1.29, 1.82) is 0 Å². The van der Waals surface area contributed by atoms with Crippen molar-refractivity contribution in [3.05, 3.63) is 0 Å². The van der Waals surface area contributed by atoms with E-state index in [1.807, 2.05) is 0 Å². The summed E-state index contributed by atoms with van der Waals surface area (Å²) in [6, 6.07) is -2.03. The van der Waals surface area contributed by atoms with Gasteiger partial charge in [-0.05, 0) is 27.2 Å². The number of carbonyl (C=O) groups excluding carboxylic acids is 1. The molecule has 0 rings (SSSR count). The molecule has 0 saturated heterocycles. The van der Waals surface area contributed by atoms with Crippen LogP contribution in [0.5, 0.6) is 0 Å². The lowest BCUT2D eigenvalue weighted by molar-refractivity contribution is -0.141. The predicted molar refractivity (Wildman–Crippen MR) is 65.2 cm³/mol. The Balaban J connectivity index is 4.62. The third kappa shape index (κ3) is 5.33. The first-order valence-corrected chi connectivity index (χ1v) is 5.90. The van der Waals surface area contributed by atoms with Crippen molar-refractivity contribution in [2.24, 2.45) is 0 Å². The molecular formula is C11H22N2O5. The first-order valence-electron chi connectivity index (χ1n) is 5.90. The second-order valence-corrected chi connectivity index (χ2v) is 4.37. The lowest BCUT2D eigenvalue weighted by Gasteiger charge is -2.29. The van der Waals surface area contributed by atoms with E-state index in [4.69, 9.17) is 10.2 Å². The van der Waals surface area contributed by atoms with Gasteiger partial charge in [0, 0.05) is 19.2 Å². The summed E-state index contributed by atoms with van der Waals surface area (Å²) in [5.41, 5.74) is 0. The van der Waals surface area contributed by atoms with E-state index < -0.39 is 24.1 Å². The maximum absolute atomic E-state index is 11.9. The molecule has 0 aromatic heterocycles. The summed E-state index contributed by atoms with van der Waals surface area (Å²) in [5, 5.41) is 29.1. The molecule has 4 N–H and O–H groups in total. The zero-order valence-electron chi connectivity index (χ0n) is 11.0. The second kappa shape index (κ2) is 7.88. The molecule has 0 heterocycles. The van der Waals surface area contributed by atoms with Crippen molar-refractivity contribution in [3.8, 4) is 0 Å². The summed E-state index contributed by atoms with van der Waals surface area (Å²) in [4.78, 5) is 24.1. The van der Waals surface area contributed by atoms with Crippen molar-refractivity contribution in [1.82, 2.24) is 10.2 Å². The standard InChI is InChI=1S/C11H22N2O5/c1-7(2)13(5-4-6-14)11(18)12-9(8(3)15)10(16)17/h7-9,14-15H,4-6H2,1-3H3,(H,12,18)(H,16,17). The molecule has 7 heteroatoms. The summed E-state index contributed by atoms with van der Waals surface area (Å²) in [6.45, 7) is 5.15. The first kappa shape index (κ1) is 16.7. The number of carbonyl (C=O) groups is 2. The number of amides is 2. The van der Waals surface area contributed by atoms with Gasteiger partial charge in [0.1, 0.15) is 0 Å². The zero-order chi connectivity index (χ0) is 14.3. The Morgan fingerprint density at radius 1 is 1.28 bits per heavy atom. The number of nitrogens with zero attached hydrogens (tertiary/aromatic N) is 1. The summed E-state index contributed by atoms with van der Waals surface area (Å²) in [5.74, 6) is -1.29. The highest BCUT2D eigenvalue weighted by atomic mass is 16.4. The average Bonchev–Trinajstić information content (AvgIpc) is 2.24. The Kier molecular flexibility index (Phi) is 7.30. The molecular weight excluding hydrogens is 240 g/mol. The number of carboxylic acids is 1. The predicted octanol–water partition coefficient (Wildman–Crippen LogP) is -0.377. The van der Waals surface area contributed by atoms with Crippen LogP contribution >= 0.6 is 0 Å². The van der Waals surface area contributed by atoms with Gasteiger partial charge in [-0.15, -0.1) is 0 Å². The fraction of sp³-hybridized carbons (Fsp3) is 0.818. The Morgan fingerprint density at radius 3 is 2.17 bits per heavy atom. The van der Waals surface area contributed by atoms with Crippen molar-refractivity contribution in [2.75, 3.05) is 13.2 Å². The first-order chi connectivity index (χ1) is 8.31. The number of aliphatic hydroxyl groups excluding tert-OH is 2. The van der Waals surface area contributed by atoms with Gasteiger partial charge in [-0.1, -0.05) is 0 Å². The van der Waals surface area contributed by atoms with Gasteiger partial charge in [0.25, 0.3) is 0 Å². The Labute approximate surface area is 106 Å². The normalized spacial score (nSPS) is 14.1. The number of aliphatic carboxylic acids is 1. The van der Waals surface area contributed by atoms with Crippen LogP contribution in [0.25, 0.3) is 0 Å². The van der Waals surface area contributed by atoms with Crippen molar-refractivity contribution in [3.63, 3.8) is 0 Å².